The molecule has 0 spiro atoms. The first-order chi connectivity index (χ1) is 9.09. The third-order valence-electron chi connectivity index (χ3n) is 3.72. The zero-order chi connectivity index (χ0) is 13.7. The van der Waals surface area contributed by atoms with Gasteiger partial charge in [0.05, 0.1) is 5.60 Å². The molecule has 4 heteroatoms. The molecule has 2 rings (SSSR count). The van der Waals surface area contributed by atoms with Gasteiger partial charge in [0.25, 0.3) is 0 Å². The van der Waals surface area contributed by atoms with E-state index in [2.05, 4.69) is 34.3 Å². The minimum atomic E-state index is -0.470. The lowest BCUT2D eigenvalue weighted by molar-refractivity contribution is -0.00730. The van der Waals surface area contributed by atoms with Crippen LogP contribution in [0, 0.1) is 0 Å². The molecule has 1 aromatic heterocycles. The number of pyridine rings is 1. The zero-order valence-electron chi connectivity index (χ0n) is 12.0. The van der Waals surface area contributed by atoms with Crippen molar-refractivity contribution in [1.29, 1.82) is 0 Å². The summed E-state index contributed by atoms with van der Waals surface area (Å²) in [6, 6.07) is 4.20. The normalized spacial score (nSPS) is 19.3. The maximum atomic E-state index is 9.95. The number of piperidine rings is 1. The molecule has 0 saturated carbocycles. The van der Waals surface area contributed by atoms with E-state index in [0.717, 1.165) is 51.3 Å². The smallest absolute Gasteiger partial charge is 0.126 e. The lowest BCUT2D eigenvalue weighted by atomic mass is 9.93. The molecular formula is C15H25N3O. The molecule has 0 aliphatic carbocycles. The molecule has 0 bridgehead atoms. The lowest BCUT2D eigenvalue weighted by Gasteiger charge is -2.35. The molecule has 0 unspecified atom stereocenters. The minimum Gasteiger partial charge on any atom is -0.390 e. The van der Waals surface area contributed by atoms with Gasteiger partial charge in [-0.1, -0.05) is 6.92 Å². The van der Waals surface area contributed by atoms with Gasteiger partial charge in [-0.15, -0.1) is 0 Å². The summed E-state index contributed by atoms with van der Waals surface area (Å²) in [5.74, 6) is 0.961. The van der Waals surface area contributed by atoms with Crippen LogP contribution in [0.1, 0.15) is 38.7 Å². The Morgan fingerprint density at radius 3 is 2.84 bits per heavy atom. The van der Waals surface area contributed by atoms with Gasteiger partial charge < -0.3 is 10.4 Å². The Balaban J connectivity index is 1.89. The van der Waals surface area contributed by atoms with E-state index in [1.54, 1.807) is 0 Å². The van der Waals surface area contributed by atoms with Crippen molar-refractivity contribution >= 4 is 5.82 Å². The van der Waals surface area contributed by atoms with Gasteiger partial charge in [-0.25, -0.2) is 4.98 Å². The van der Waals surface area contributed by atoms with Gasteiger partial charge in [-0.05, 0) is 43.9 Å². The van der Waals surface area contributed by atoms with Crippen molar-refractivity contribution in [3.63, 3.8) is 0 Å². The third kappa shape index (κ3) is 4.48. The van der Waals surface area contributed by atoms with E-state index >= 15 is 0 Å². The van der Waals surface area contributed by atoms with Gasteiger partial charge in [0, 0.05) is 32.4 Å². The maximum Gasteiger partial charge on any atom is 0.126 e. The van der Waals surface area contributed by atoms with Gasteiger partial charge in [0.1, 0.15) is 5.82 Å². The standard InChI is InChI=1S/C15H25N3O/c1-3-7-16-14-11-13(4-8-17-14)12-18-9-5-15(2,19)6-10-18/h4,8,11,19H,3,5-7,9-10,12H2,1-2H3,(H,16,17). The van der Waals surface area contributed by atoms with Crippen molar-refractivity contribution in [2.24, 2.45) is 0 Å². The Bertz CT molecular complexity index is 396. The number of aliphatic hydroxyl groups is 1. The second-order valence-corrected chi connectivity index (χ2v) is 5.75. The molecule has 2 heterocycles. The molecule has 4 nitrogen and oxygen atoms in total. The molecule has 1 aromatic rings. The fraction of sp³-hybridized carbons (Fsp3) is 0.667. The van der Waals surface area contributed by atoms with Gasteiger partial charge >= 0.3 is 0 Å². The first-order valence-electron chi connectivity index (χ1n) is 7.22. The topological polar surface area (TPSA) is 48.4 Å². The molecule has 1 saturated heterocycles. The summed E-state index contributed by atoms with van der Waals surface area (Å²) in [6.07, 6.45) is 4.69. The number of hydrogen-bond acceptors (Lipinski definition) is 4. The number of rotatable bonds is 5. The van der Waals surface area contributed by atoms with Gasteiger partial charge in [0.15, 0.2) is 0 Å². The van der Waals surface area contributed by atoms with Crippen LogP contribution in [0.25, 0.3) is 0 Å². The molecular weight excluding hydrogens is 238 g/mol. The zero-order valence-corrected chi connectivity index (χ0v) is 12.0. The summed E-state index contributed by atoms with van der Waals surface area (Å²) >= 11 is 0. The van der Waals surface area contributed by atoms with Gasteiger partial charge in [-0.3, -0.25) is 4.90 Å². The van der Waals surface area contributed by atoms with Crippen molar-refractivity contribution in [2.45, 2.75) is 45.3 Å². The van der Waals surface area contributed by atoms with E-state index in [-0.39, 0.29) is 0 Å². The predicted molar refractivity (Wildman–Crippen MR) is 78.2 cm³/mol. The Morgan fingerprint density at radius 1 is 1.42 bits per heavy atom. The highest BCUT2D eigenvalue weighted by Crippen LogP contribution is 2.22. The summed E-state index contributed by atoms with van der Waals surface area (Å²) in [5.41, 5.74) is 0.818. The average molecular weight is 263 g/mol. The molecule has 0 aromatic carbocycles. The van der Waals surface area contributed by atoms with E-state index in [4.69, 9.17) is 0 Å². The predicted octanol–water partition coefficient (Wildman–Crippen LogP) is 2.25. The SMILES string of the molecule is CCCNc1cc(CN2CCC(C)(O)CC2)ccn1. The summed E-state index contributed by atoms with van der Waals surface area (Å²) < 4.78 is 0. The van der Waals surface area contributed by atoms with Crippen molar-refractivity contribution < 1.29 is 5.11 Å². The largest absolute Gasteiger partial charge is 0.390 e. The number of aromatic nitrogens is 1. The van der Waals surface area contributed by atoms with Crippen LogP contribution in [-0.4, -0.2) is 40.2 Å². The lowest BCUT2D eigenvalue weighted by Crippen LogP contribution is -2.41. The maximum absolute atomic E-state index is 9.95. The molecule has 0 radical (unpaired) electrons. The highest BCUT2D eigenvalue weighted by molar-refractivity contribution is 5.37. The van der Waals surface area contributed by atoms with Crippen LogP contribution in [0.5, 0.6) is 0 Å². The third-order valence-corrected chi connectivity index (χ3v) is 3.72. The molecule has 2 N–H and O–H groups in total. The fourth-order valence-electron chi connectivity index (χ4n) is 2.37. The Hall–Kier alpha value is -1.13. The quantitative estimate of drug-likeness (QED) is 0.855. The molecule has 0 atom stereocenters. The van der Waals surface area contributed by atoms with Crippen LogP contribution in [-0.2, 0) is 6.54 Å². The van der Waals surface area contributed by atoms with Crippen molar-refractivity contribution in [2.75, 3.05) is 25.0 Å². The van der Waals surface area contributed by atoms with Crippen LogP contribution in [0.4, 0.5) is 5.82 Å². The van der Waals surface area contributed by atoms with E-state index < -0.39 is 5.60 Å². The molecule has 1 fully saturated rings. The molecule has 1 aliphatic rings. The number of likely N-dealkylation sites (tertiary alicyclic amines) is 1. The Kier molecular flexibility index (Phi) is 4.77. The van der Waals surface area contributed by atoms with E-state index in [0.29, 0.717) is 0 Å². The van der Waals surface area contributed by atoms with Gasteiger partial charge in [0.2, 0.25) is 0 Å². The van der Waals surface area contributed by atoms with Crippen LogP contribution in [0.3, 0.4) is 0 Å². The molecule has 106 valence electrons. The average Bonchev–Trinajstić information content (AvgIpc) is 2.39. The fourth-order valence-corrected chi connectivity index (χ4v) is 2.37. The Labute approximate surface area is 115 Å². The van der Waals surface area contributed by atoms with Crippen LogP contribution in [0.15, 0.2) is 18.3 Å². The first-order valence-corrected chi connectivity index (χ1v) is 7.22. The molecule has 19 heavy (non-hydrogen) atoms. The minimum absolute atomic E-state index is 0.470. The first kappa shape index (κ1) is 14.3. The van der Waals surface area contributed by atoms with Crippen molar-refractivity contribution in [3.05, 3.63) is 23.9 Å². The van der Waals surface area contributed by atoms with Gasteiger partial charge in [-0.2, -0.15) is 0 Å². The monoisotopic (exact) mass is 263 g/mol. The van der Waals surface area contributed by atoms with Crippen LogP contribution >= 0.6 is 0 Å². The molecule has 1 aliphatic heterocycles. The van der Waals surface area contributed by atoms with E-state index in [9.17, 15) is 5.11 Å². The van der Waals surface area contributed by atoms with Crippen LogP contribution < -0.4 is 5.32 Å². The summed E-state index contributed by atoms with van der Waals surface area (Å²) in [7, 11) is 0. The van der Waals surface area contributed by atoms with E-state index in [1.807, 2.05) is 13.1 Å². The molecule has 0 amide bonds. The summed E-state index contributed by atoms with van der Waals surface area (Å²) in [4.78, 5) is 6.72. The highest BCUT2D eigenvalue weighted by Gasteiger charge is 2.27. The van der Waals surface area contributed by atoms with Crippen LogP contribution in [0.2, 0.25) is 0 Å². The summed E-state index contributed by atoms with van der Waals surface area (Å²) in [5, 5.41) is 13.3. The summed E-state index contributed by atoms with van der Waals surface area (Å²) in [6.45, 7) is 7.92. The van der Waals surface area contributed by atoms with Crippen molar-refractivity contribution in [3.8, 4) is 0 Å². The number of anilines is 1. The highest BCUT2D eigenvalue weighted by atomic mass is 16.3. The van der Waals surface area contributed by atoms with Crippen molar-refractivity contribution in [1.82, 2.24) is 9.88 Å². The number of nitrogens with zero attached hydrogens (tertiary/aromatic N) is 2. The Morgan fingerprint density at radius 2 is 2.16 bits per heavy atom. The number of hydrogen-bond donors (Lipinski definition) is 2. The van der Waals surface area contributed by atoms with E-state index in [1.165, 1.54) is 5.56 Å². The second-order valence-electron chi connectivity index (χ2n) is 5.75. The number of nitrogens with one attached hydrogen (secondary N) is 1. The second kappa shape index (κ2) is 6.35.